The molecule has 4 heteroatoms. The predicted molar refractivity (Wildman–Crippen MR) is 72.1 cm³/mol. The third-order valence-electron chi connectivity index (χ3n) is 2.75. The fourth-order valence-corrected chi connectivity index (χ4v) is 2.19. The van der Waals surface area contributed by atoms with Crippen LogP contribution in [0.25, 0.3) is 0 Å². The minimum atomic E-state index is -0.126. The van der Waals surface area contributed by atoms with Gasteiger partial charge in [-0.15, -0.1) is 0 Å². The minimum absolute atomic E-state index is 0.126. The lowest BCUT2D eigenvalue weighted by atomic mass is 10.1. The van der Waals surface area contributed by atoms with Gasteiger partial charge in [-0.1, -0.05) is 24.6 Å². The highest BCUT2D eigenvalue weighted by Crippen LogP contribution is 2.20. The van der Waals surface area contributed by atoms with Crippen LogP contribution in [0.5, 0.6) is 0 Å². The Morgan fingerprint density at radius 2 is 2.22 bits per heavy atom. The Kier molecular flexibility index (Phi) is 3.82. The van der Waals surface area contributed by atoms with E-state index in [-0.39, 0.29) is 5.78 Å². The average molecular weight is 263 g/mol. The average Bonchev–Trinajstić information content (AvgIpc) is 2.77. The summed E-state index contributed by atoms with van der Waals surface area (Å²) in [6.45, 7) is 4.79. The van der Waals surface area contributed by atoms with Crippen LogP contribution in [0.4, 0.5) is 0 Å². The highest BCUT2D eigenvalue weighted by atomic mass is 35.5. The lowest BCUT2D eigenvalue weighted by molar-refractivity contribution is 0.102. The summed E-state index contributed by atoms with van der Waals surface area (Å²) in [7, 11) is 0. The molecule has 0 amide bonds. The molecule has 0 saturated carbocycles. The van der Waals surface area contributed by atoms with E-state index in [9.17, 15) is 4.79 Å². The largest absolute Gasteiger partial charge is 0.328 e. The number of benzene rings is 1. The number of hydrogen-bond acceptors (Lipinski definition) is 2. The molecule has 0 atom stereocenters. The monoisotopic (exact) mass is 262 g/mol. The highest BCUT2D eigenvalue weighted by molar-refractivity contribution is 6.34. The van der Waals surface area contributed by atoms with E-state index in [4.69, 9.17) is 11.6 Å². The summed E-state index contributed by atoms with van der Waals surface area (Å²) >= 11 is 6.11. The molecule has 2 rings (SSSR count). The molecular formula is C14H15ClN2O. The molecule has 0 aliphatic carbocycles. The van der Waals surface area contributed by atoms with Gasteiger partial charge < -0.3 is 4.57 Å². The number of hydrogen-bond donors (Lipinski definition) is 0. The topological polar surface area (TPSA) is 34.9 Å². The molecule has 1 aromatic heterocycles. The van der Waals surface area contributed by atoms with Gasteiger partial charge in [0, 0.05) is 24.5 Å². The van der Waals surface area contributed by atoms with Crippen molar-refractivity contribution < 1.29 is 4.79 Å². The first-order chi connectivity index (χ1) is 8.63. The summed E-state index contributed by atoms with van der Waals surface area (Å²) in [6.07, 6.45) is 4.42. The van der Waals surface area contributed by atoms with Crippen LogP contribution in [0.15, 0.2) is 30.6 Å². The maximum absolute atomic E-state index is 12.4. The summed E-state index contributed by atoms with van der Waals surface area (Å²) in [5, 5.41) is 0.478. The zero-order chi connectivity index (χ0) is 13.1. The summed E-state index contributed by atoms with van der Waals surface area (Å²) in [5.41, 5.74) is 1.54. The summed E-state index contributed by atoms with van der Waals surface area (Å²) < 4.78 is 1.86. The van der Waals surface area contributed by atoms with Crippen molar-refractivity contribution in [2.75, 3.05) is 0 Å². The lowest BCUT2D eigenvalue weighted by Gasteiger charge is -2.07. The highest BCUT2D eigenvalue weighted by Gasteiger charge is 2.17. The number of carbonyl (C=O) groups is 1. The van der Waals surface area contributed by atoms with Crippen molar-refractivity contribution in [3.05, 3.63) is 52.6 Å². The zero-order valence-corrected chi connectivity index (χ0v) is 11.2. The maximum Gasteiger partial charge on any atom is 0.229 e. The lowest BCUT2D eigenvalue weighted by Crippen LogP contribution is -2.11. The molecule has 0 unspecified atom stereocenters. The Morgan fingerprint density at radius 3 is 2.89 bits per heavy atom. The number of halogens is 1. The fourth-order valence-electron chi connectivity index (χ4n) is 1.86. The van der Waals surface area contributed by atoms with E-state index in [1.807, 2.05) is 23.8 Å². The number of ketones is 1. The van der Waals surface area contributed by atoms with Crippen LogP contribution in [0.3, 0.4) is 0 Å². The molecule has 1 heterocycles. The second kappa shape index (κ2) is 5.36. The van der Waals surface area contributed by atoms with E-state index in [1.165, 1.54) is 0 Å². The molecule has 18 heavy (non-hydrogen) atoms. The van der Waals surface area contributed by atoms with E-state index >= 15 is 0 Å². The fraction of sp³-hybridized carbons (Fsp3) is 0.286. The van der Waals surface area contributed by atoms with Gasteiger partial charge in [-0.2, -0.15) is 0 Å². The van der Waals surface area contributed by atoms with Crippen molar-refractivity contribution in [1.29, 1.82) is 0 Å². The van der Waals surface area contributed by atoms with Crippen LogP contribution in [0.2, 0.25) is 5.02 Å². The Bertz CT molecular complexity index is 575. The van der Waals surface area contributed by atoms with Gasteiger partial charge >= 0.3 is 0 Å². The molecule has 1 aromatic carbocycles. The third-order valence-corrected chi connectivity index (χ3v) is 3.07. The molecule has 0 radical (unpaired) electrons. The Morgan fingerprint density at radius 1 is 1.44 bits per heavy atom. The first kappa shape index (κ1) is 12.8. The van der Waals surface area contributed by atoms with Crippen LogP contribution >= 0.6 is 11.6 Å². The molecule has 0 spiro atoms. The molecule has 94 valence electrons. The molecule has 0 aliphatic rings. The number of aryl methyl sites for hydroxylation is 2. The van der Waals surface area contributed by atoms with Crippen LogP contribution in [-0.4, -0.2) is 15.3 Å². The SMILES string of the molecule is CCCn1ccnc1C(=O)c1ccc(C)cc1Cl. The summed E-state index contributed by atoms with van der Waals surface area (Å²) in [5.74, 6) is 0.320. The molecule has 0 bridgehead atoms. The molecule has 0 N–H and O–H groups in total. The Balaban J connectivity index is 2.38. The van der Waals surface area contributed by atoms with Gasteiger partial charge in [0.15, 0.2) is 5.82 Å². The van der Waals surface area contributed by atoms with Gasteiger partial charge in [-0.25, -0.2) is 4.98 Å². The summed E-state index contributed by atoms with van der Waals surface area (Å²) in [6, 6.07) is 5.43. The van der Waals surface area contributed by atoms with E-state index in [2.05, 4.69) is 11.9 Å². The third kappa shape index (κ3) is 2.46. The van der Waals surface area contributed by atoms with Gasteiger partial charge in [0.25, 0.3) is 0 Å². The molecule has 3 nitrogen and oxygen atoms in total. The number of imidazole rings is 1. The van der Waals surface area contributed by atoms with E-state index in [0.29, 0.717) is 16.4 Å². The van der Waals surface area contributed by atoms with Crippen LogP contribution in [-0.2, 0) is 6.54 Å². The molecular weight excluding hydrogens is 248 g/mol. The summed E-state index contributed by atoms with van der Waals surface area (Å²) in [4.78, 5) is 16.5. The first-order valence-corrected chi connectivity index (χ1v) is 6.33. The number of carbonyl (C=O) groups excluding carboxylic acids is 1. The van der Waals surface area contributed by atoms with Gasteiger partial charge in [0.2, 0.25) is 5.78 Å². The van der Waals surface area contributed by atoms with Crippen molar-refractivity contribution >= 4 is 17.4 Å². The number of aromatic nitrogens is 2. The van der Waals surface area contributed by atoms with E-state index in [0.717, 1.165) is 18.5 Å². The Labute approximate surface area is 111 Å². The molecule has 0 aliphatic heterocycles. The number of nitrogens with zero attached hydrogens (tertiary/aromatic N) is 2. The maximum atomic E-state index is 12.4. The van der Waals surface area contributed by atoms with Crippen molar-refractivity contribution in [3.8, 4) is 0 Å². The Hall–Kier alpha value is -1.61. The normalized spacial score (nSPS) is 10.6. The second-order valence-electron chi connectivity index (χ2n) is 4.26. The van der Waals surface area contributed by atoms with Gasteiger partial charge in [-0.3, -0.25) is 4.79 Å². The van der Waals surface area contributed by atoms with Gasteiger partial charge in [0.05, 0.1) is 5.02 Å². The standard InChI is InChI=1S/C14H15ClN2O/c1-3-7-17-8-6-16-14(17)13(18)11-5-4-10(2)9-12(11)15/h4-6,8-9H,3,7H2,1-2H3. The van der Waals surface area contributed by atoms with Crippen molar-refractivity contribution in [2.45, 2.75) is 26.8 Å². The van der Waals surface area contributed by atoms with Crippen molar-refractivity contribution in [2.24, 2.45) is 0 Å². The van der Waals surface area contributed by atoms with Gasteiger partial charge in [0.1, 0.15) is 0 Å². The van der Waals surface area contributed by atoms with Crippen molar-refractivity contribution in [1.82, 2.24) is 9.55 Å². The quantitative estimate of drug-likeness (QED) is 0.791. The molecule has 0 saturated heterocycles. The van der Waals surface area contributed by atoms with Gasteiger partial charge in [-0.05, 0) is 31.0 Å². The number of rotatable bonds is 4. The first-order valence-electron chi connectivity index (χ1n) is 5.95. The minimum Gasteiger partial charge on any atom is -0.328 e. The molecule has 0 fully saturated rings. The van der Waals surface area contributed by atoms with E-state index < -0.39 is 0 Å². The van der Waals surface area contributed by atoms with Crippen molar-refractivity contribution in [3.63, 3.8) is 0 Å². The zero-order valence-electron chi connectivity index (χ0n) is 10.5. The van der Waals surface area contributed by atoms with Crippen LogP contribution in [0, 0.1) is 6.92 Å². The smallest absolute Gasteiger partial charge is 0.229 e. The van der Waals surface area contributed by atoms with Crippen LogP contribution < -0.4 is 0 Å². The predicted octanol–water partition coefficient (Wildman–Crippen LogP) is 3.49. The second-order valence-corrected chi connectivity index (χ2v) is 4.66. The van der Waals surface area contributed by atoms with Crippen LogP contribution in [0.1, 0.15) is 35.1 Å². The molecule has 2 aromatic rings. The van der Waals surface area contributed by atoms with E-state index in [1.54, 1.807) is 18.3 Å².